The number of ether oxygens (including phenoxy) is 2. The van der Waals surface area contributed by atoms with Gasteiger partial charge in [-0.15, -0.1) is 0 Å². The van der Waals surface area contributed by atoms with E-state index in [9.17, 15) is 5.11 Å². The van der Waals surface area contributed by atoms with Crippen molar-refractivity contribution in [3.05, 3.63) is 35.9 Å². The van der Waals surface area contributed by atoms with Crippen molar-refractivity contribution in [3.63, 3.8) is 0 Å². The molecule has 0 aliphatic heterocycles. The van der Waals surface area contributed by atoms with Gasteiger partial charge < -0.3 is 14.6 Å². The first-order chi connectivity index (χ1) is 10.1. The first-order valence-corrected chi connectivity index (χ1v) is 7.56. The Balaban J connectivity index is 2.88. The summed E-state index contributed by atoms with van der Waals surface area (Å²) in [6, 6.07) is 9.89. The third kappa shape index (κ3) is 5.75. The molecule has 0 bridgehead atoms. The molecule has 1 rings (SSSR count). The molecule has 4 nitrogen and oxygen atoms in total. The maximum atomic E-state index is 10.8. The van der Waals surface area contributed by atoms with Gasteiger partial charge in [-0.1, -0.05) is 44.2 Å². The number of methoxy groups -OCH3 is 2. The van der Waals surface area contributed by atoms with E-state index >= 15 is 0 Å². The van der Waals surface area contributed by atoms with Crippen LogP contribution in [-0.2, 0) is 9.47 Å². The molecule has 2 atom stereocenters. The van der Waals surface area contributed by atoms with Gasteiger partial charge in [0.1, 0.15) is 0 Å². The SMILES string of the molecule is COCCN(CCOC)C(C(C)C)C(O)c1ccccc1. The Morgan fingerprint density at radius 3 is 1.95 bits per heavy atom. The van der Waals surface area contributed by atoms with Crippen molar-refractivity contribution in [1.29, 1.82) is 0 Å². The minimum absolute atomic E-state index is 0.0395. The summed E-state index contributed by atoms with van der Waals surface area (Å²) in [5.74, 6) is 0.328. The van der Waals surface area contributed by atoms with Gasteiger partial charge in [-0.2, -0.15) is 0 Å². The van der Waals surface area contributed by atoms with Gasteiger partial charge in [-0.3, -0.25) is 4.90 Å². The van der Waals surface area contributed by atoms with E-state index in [0.29, 0.717) is 19.1 Å². The summed E-state index contributed by atoms with van der Waals surface area (Å²) < 4.78 is 10.4. The topological polar surface area (TPSA) is 41.9 Å². The van der Waals surface area contributed by atoms with Crippen LogP contribution in [0.25, 0.3) is 0 Å². The van der Waals surface area contributed by atoms with Crippen molar-refractivity contribution in [1.82, 2.24) is 4.90 Å². The highest BCUT2D eigenvalue weighted by Gasteiger charge is 2.29. The Kier molecular flexibility index (Phi) is 8.54. The molecule has 1 aromatic carbocycles. The minimum atomic E-state index is -0.514. The van der Waals surface area contributed by atoms with Crippen LogP contribution in [0.5, 0.6) is 0 Å². The number of nitrogens with zero attached hydrogens (tertiary/aromatic N) is 1. The lowest BCUT2D eigenvalue weighted by Gasteiger charge is -2.37. The van der Waals surface area contributed by atoms with Crippen LogP contribution in [0.3, 0.4) is 0 Å². The summed E-state index contributed by atoms with van der Waals surface area (Å²) in [6.07, 6.45) is -0.514. The molecule has 4 heteroatoms. The highest BCUT2D eigenvalue weighted by atomic mass is 16.5. The highest BCUT2D eigenvalue weighted by Crippen LogP contribution is 2.26. The maximum Gasteiger partial charge on any atom is 0.0947 e. The van der Waals surface area contributed by atoms with Crippen molar-refractivity contribution in [3.8, 4) is 0 Å². The molecular weight excluding hydrogens is 266 g/mol. The van der Waals surface area contributed by atoms with E-state index in [1.807, 2.05) is 30.3 Å². The summed E-state index contributed by atoms with van der Waals surface area (Å²) in [5.41, 5.74) is 0.955. The smallest absolute Gasteiger partial charge is 0.0947 e. The van der Waals surface area contributed by atoms with Crippen molar-refractivity contribution in [2.24, 2.45) is 5.92 Å². The standard InChI is InChI=1S/C17H29NO3/c1-14(2)16(17(19)15-8-6-5-7-9-15)18(10-12-20-3)11-13-21-4/h5-9,14,16-17,19H,10-13H2,1-4H3. The Bertz CT molecular complexity index is 362. The van der Waals surface area contributed by atoms with Crippen LogP contribution in [0.4, 0.5) is 0 Å². The molecule has 120 valence electrons. The zero-order valence-corrected chi connectivity index (χ0v) is 13.7. The molecule has 0 aromatic heterocycles. The molecule has 1 aromatic rings. The molecule has 0 aliphatic carbocycles. The van der Waals surface area contributed by atoms with Gasteiger partial charge in [0.2, 0.25) is 0 Å². The van der Waals surface area contributed by atoms with E-state index in [0.717, 1.165) is 18.7 Å². The van der Waals surface area contributed by atoms with Crippen LogP contribution in [0.2, 0.25) is 0 Å². The predicted molar refractivity (Wildman–Crippen MR) is 85.4 cm³/mol. The van der Waals surface area contributed by atoms with Crippen molar-refractivity contribution in [2.75, 3.05) is 40.5 Å². The molecule has 0 heterocycles. The van der Waals surface area contributed by atoms with Crippen molar-refractivity contribution < 1.29 is 14.6 Å². The third-order valence-corrected chi connectivity index (χ3v) is 3.73. The first-order valence-electron chi connectivity index (χ1n) is 7.56. The summed E-state index contributed by atoms with van der Waals surface area (Å²) in [4.78, 5) is 2.26. The molecule has 0 saturated carbocycles. The summed E-state index contributed by atoms with van der Waals surface area (Å²) in [5, 5.41) is 10.8. The van der Waals surface area contributed by atoms with Crippen LogP contribution >= 0.6 is 0 Å². The Morgan fingerprint density at radius 2 is 1.52 bits per heavy atom. The van der Waals surface area contributed by atoms with E-state index in [-0.39, 0.29) is 6.04 Å². The van der Waals surface area contributed by atoms with E-state index in [2.05, 4.69) is 18.7 Å². The molecule has 1 N–H and O–H groups in total. The van der Waals surface area contributed by atoms with E-state index in [1.165, 1.54) is 0 Å². The molecule has 0 aliphatic rings. The average Bonchev–Trinajstić information content (AvgIpc) is 2.50. The first kappa shape index (κ1) is 18.1. The number of aliphatic hydroxyl groups is 1. The van der Waals surface area contributed by atoms with Gasteiger partial charge in [0.15, 0.2) is 0 Å². The Labute approximate surface area is 128 Å². The van der Waals surface area contributed by atoms with E-state index in [4.69, 9.17) is 9.47 Å². The second-order valence-corrected chi connectivity index (χ2v) is 5.61. The van der Waals surface area contributed by atoms with Gasteiger partial charge >= 0.3 is 0 Å². The van der Waals surface area contributed by atoms with Crippen molar-refractivity contribution >= 4 is 0 Å². The zero-order valence-electron chi connectivity index (χ0n) is 13.7. The minimum Gasteiger partial charge on any atom is -0.387 e. The van der Waals surface area contributed by atoms with Crippen LogP contribution < -0.4 is 0 Å². The fraction of sp³-hybridized carbons (Fsp3) is 0.647. The molecule has 2 unspecified atom stereocenters. The number of rotatable bonds is 10. The van der Waals surface area contributed by atoms with Gasteiger partial charge in [0, 0.05) is 33.4 Å². The lowest BCUT2D eigenvalue weighted by molar-refractivity contribution is -0.00107. The van der Waals surface area contributed by atoms with E-state index in [1.54, 1.807) is 14.2 Å². The number of aliphatic hydroxyl groups excluding tert-OH is 1. The Morgan fingerprint density at radius 1 is 1.00 bits per heavy atom. The zero-order chi connectivity index (χ0) is 15.7. The normalized spacial score (nSPS) is 14.6. The van der Waals surface area contributed by atoms with Crippen LogP contribution in [0.1, 0.15) is 25.5 Å². The van der Waals surface area contributed by atoms with Crippen LogP contribution in [0, 0.1) is 5.92 Å². The molecule has 0 amide bonds. The maximum absolute atomic E-state index is 10.8. The quantitative estimate of drug-likeness (QED) is 0.719. The molecule has 21 heavy (non-hydrogen) atoms. The fourth-order valence-corrected chi connectivity index (χ4v) is 2.66. The number of benzene rings is 1. The molecule has 0 saturated heterocycles. The van der Waals surface area contributed by atoms with Crippen LogP contribution in [0.15, 0.2) is 30.3 Å². The fourth-order valence-electron chi connectivity index (χ4n) is 2.66. The van der Waals surface area contributed by atoms with Gasteiger partial charge in [-0.05, 0) is 11.5 Å². The second-order valence-electron chi connectivity index (χ2n) is 5.61. The van der Waals surface area contributed by atoms with Gasteiger partial charge in [0.25, 0.3) is 0 Å². The third-order valence-electron chi connectivity index (χ3n) is 3.73. The van der Waals surface area contributed by atoms with Gasteiger partial charge in [0.05, 0.1) is 19.3 Å². The number of hydrogen-bond acceptors (Lipinski definition) is 4. The highest BCUT2D eigenvalue weighted by molar-refractivity contribution is 5.19. The van der Waals surface area contributed by atoms with Crippen molar-refractivity contribution in [2.45, 2.75) is 26.0 Å². The Hall–Kier alpha value is -0.940. The monoisotopic (exact) mass is 295 g/mol. The molecule has 0 fully saturated rings. The predicted octanol–water partition coefficient (Wildman–Crippen LogP) is 2.34. The summed E-state index contributed by atoms with van der Waals surface area (Å²) in [6.45, 7) is 7.15. The lowest BCUT2D eigenvalue weighted by Crippen LogP contribution is -2.46. The van der Waals surface area contributed by atoms with Crippen LogP contribution in [-0.4, -0.2) is 56.6 Å². The molecular formula is C17H29NO3. The number of hydrogen-bond donors (Lipinski definition) is 1. The lowest BCUT2D eigenvalue weighted by atomic mass is 9.92. The summed E-state index contributed by atoms with van der Waals surface area (Å²) in [7, 11) is 3.40. The molecule has 0 radical (unpaired) electrons. The van der Waals surface area contributed by atoms with Gasteiger partial charge in [-0.25, -0.2) is 0 Å². The van der Waals surface area contributed by atoms with E-state index < -0.39 is 6.10 Å². The molecule has 0 spiro atoms. The summed E-state index contributed by atoms with van der Waals surface area (Å²) >= 11 is 0. The second kappa shape index (κ2) is 9.90. The largest absolute Gasteiger partial charge is 0.387 e. The average molecular weight is 295 g/mol.